The van der Waals surface area contributed by atoms with Gasteiger partial charge in [0.25, 0.3) is 0 Å². The first-order valence-corrected chi connectivity index (χ1v) is 8.70. The van der Waals surface area contributed by atoms with E-state index < -0.39 is 0 Å². The summed E-state index contributed by atoms with van der Waals surface area (Å²) in [6, 6.07) is 13.2. The van der Waals surface area contributed by atoms with Crippen LogP contribution in [0.3, 0.4) is 0 Å². The third-order valence-electron chi connectivity index (χ3n) is 3.35. The van der Waals surface area contributed by atoms with Crippen LogP contribution in [-0.4, -0.2) is 12.3 Å². The number of hydrogen-bond donors (Lipinski definition) is 1. The van der Waals surface area contributed by atoms with Crippen molar-refractivity contribution in [2.75, 3.05) is 12.3 Å². The molecule has 0 radical (unpaired) electrons. The highest BCUT2D eigenvalue weighted by Crippen LogP contribution is 2.39. The molecule has 2 aromatic rings. The zero-order valence-corrected chi connectivity index (χ0v) is 13.0. The van der Waals surface area contributed by atoms with Crippen LogP contribution in [0.5, 0.6) is 0 Å². The third-order valence-corrected chi connectivity index (χ3v) is 5.71. The molecule has 1 heterocycles. The highest BCUT2D eigenvalue weighted by atomic mass is 35.5. The molecule has 1 nitrogen and oxygen atoms in total. The van der Waals surface area contributed by atoms with Crippen LogP contribution in [0.4, 0.5) is 0 Å². The largest absolute Gasteiger partial charge is 0.309 e. The van der Waals surface area contributed by atoms with Gasteiger partial charge in [-0.05, 0) is 36.6 Å². The summed E-state index contributed by atoms with van der Waals surface area (Å²) in [5, 5.41) is 3.65. The molecule has 1 atom stereocenters. The van der Waals surface area contributed by atoms with E-state index in [0.29, 0.717) is 6.04 Å². The van der Waals surface area contributed by atoms with Crippen molar-refractivity contribution in [3.05, 3.63) is 51.2 Å². The highest BCUT2D eigenvalue weighted by molar-refractivity contribution is 7.99. The van der Waals surface area contributed by atoms with Crippen LogP contribution < -0.4 is 5.32 Å². The van der Waals surface area contributed by atoms with Gasteiger partial charge in [0.05, 0.1) is 4.34 Å². The van der Waals surface area contributed by atoms with E-state index in [9.17, 15) is 0 Å². The molecule has 0 bridgehead atoms. The summed E-state index contributed by atoms with van der Waals surface area (Å²) in [5.74, 6) is 1.10. The highest BCUT2D eigenvalue weighted by Gasteiger charge is 2.24. The minimum Gasteiger partial charge on any atom is -0.309 e. The van der Waals surface area contributed by atoms with Crippen LogP contribution in [0.1, 0.15) is 22.9 Å². The van der Waals surface area contributed by atoms with Crippen LogP contribution in [0.15, 0.2) is 41.3 Å². The Morgan fingerprint density at radius 2 is 2.16 bits per heavy atom. The number of thioether (sulfide) groups is 1. The Morgan fingerprint density at radius 1 is 1.32 bits per heavy atom. The number of benzene rings is 1. The second kappa shape index (κ2) is 6.31. The first kappa shape index (κ1) is 13.5. The second-order valence-corrected chi connectivity index (χ2v) is 7.57. The zero-order chi connectivity index (χ0) is 13.1. The van der Waals surface area contributed by atoms with Gasteiger partial charge in [-0.25, -0.2) is 0 Å². The van der Waals surface area contributed by atoms with E-state index in [1.807, 2.05) is 11.8 Å². The lowest BCUT2D eigenvalue weighted by molar-refractivity contribution is 0.552. The molecule has 4 heteroatoms. The van der Waals surface area contributed by atoms with Gasteiger partial charge in [0, 0.05) is 28.1 Å². The molecule has 100 valence electrons. The van der Waals surface area contributed by atoms with Crippen LogP contribution in [0.2, 0.25) is 4.34 Å². The van der Waals surface area contributed by atoms with Gasteiger partial charge >= 0.3 is 0 Å². The number of aryl methyl sites for hydroxylation is 1. The van der Waals surface area contributed by atoms with Crippen molar-refractivity contribution in [3.63, 3.8) is 0 Å². The molecule has 0 amide bonds. The Balaban J connectivity index is 1.46. The first-order valence-electron chi connectivity index (χ1n) is 6.52. The average Bonchev–Trinajstić information content (AvgIpc) is 2.96. The molecule has 1 aliphatic carbocycles. The lowest BCUT2D eigenvalue weighted by Gasteiger charge is -2.12. The maximum atomic E-state index is 6.07. The van der Waals surface area contributed by atoms with Crippen molar-refractivity contribution in [1.29, 1.82) is 0 Å². The van der Waals surface area contributed by atoms with Crippen molar-refractivity contribution < 1.29 is 0 Å². The molecule has 1 aliphatic rings. The fourth-order valence-corrected chi connectivity index (χ4v) is 4.62. The van der Waals surface area contributed by atoms with E-state index in [4.69, 9.17) is 11.6 Å². The number of thiophene rings is 1. The fraction of sp³-hybridized carbons (Fsp3) is 0.333. The quantitative estimate of drug-likeness (QED) is 0.630. The van der Waals surface area contributed by atoms with Gasteiger partial charge in [-0.3, -0.25) is 0 Å². The van der Waals surface area contributed by atoms with Gasteiger partial charge in [-0.1, -0.05) is 29.8 Å². The molecule has 19 heavy (non-hydrogen) atoms. The molecule has 0 saturated carbocycles. The summed E-state index contributed by atoms with van der Waals surface area (Å²) < 4.78 is 0.926. The topological polar surface area (TPSA) is 12.0 Å². The monoisotopic (exact) mass is 309 g/mol. The molecule has 1 N–H and O–H groups in total. The molecular formula is C15H16ClNS2. The molecule has 1 unspecified atom stereocenters. The summed E-state index contributed by atoms with van der Waals surface area (Å²) in [4.78, 5) is 2.81. The number of halogens is 1. The van der Waals surface area contributed by atoms with E-state index >= 15 is 0 Å². The van der Waals surface area contributed by atoms with E-state index in [1.54, 1.807) is 11.3 Å². The Hall–Kier alpha value is -0.480. The Kier molecular flexibility index (Phi) is 4.49. The summed E-state index contributed by atoms with van der Waals surface area (Å²) >= 11 is 9.71. The molecule has 0 spiro atoms. The Morgan fingerprint density at radius 3 is 3.00 bits per heavy atom. The van der Waals surface area contributed by atoms with E-state index in [2.05, 4.69) is 41.7 Å². The van der Waals surface area contributed by atoms with Gasteiger partial charge in [0.15, 0.2) is 0 Å². The van der Waals surface area contributed by atoms with Crippen molar-refractivity contribution >= 4 is 34.7 Å². The van der Waals surface area contributed by atoms with Gasteiger partial charge < -0.3 is 5.32 Å². The maximum absolute atomic E-state index is 6.07. The summed E-state index contributed by atoms with van der Waals surface area (Å²) in [5.41, 5.74) is 1.43. The molecule has 0 saturated heterocycles. The molecule has 0 fully saturated rings. The van der Waals surface area contributed by atoms with Gasteiger partial charge in [-0.15, -0.1) is 23.1 Å². The fourth-order valence-electron chi connectivity index (χ4n) is 2.46. The van der Waals surface area contributed by atoms with Gasteiger partial charge in [0.2, 0.25) is 0 Å². The third kappa shape index (κ3) is 3.34. The van der Waals surface area contributed by atoms with Crippen LogP contribution in [0, 0.1) is 0 Å². The molecule has 0 aliphatic heterocycles. The summed E-state index contributed by atoms with van der Waals surface area (Å²) in [6.07, 6.45) is 2.39. The Bertz CT molecular complexity index is 538. The number of fused-ring (bicyclic) bond motifs is 1. The SMILES string of the molecule is Clc1cc2c(s1)CCC2NCCSc1ccccc1. The van der Waals surface area contributed by atoms with E-state index in [0.717, 1.165) is 16.6 Å². The number of hydrogen-bond acceptors (Lipinski definition) is 3. The number of rotatable bonds is 5. The first-order chi connectivity index (χ1) is 9.33. The zero-order valence-electron chi connectivity index (χ0n) is 10.6. The minimum absolute atomic E-state index is 0.509. The predicted molar refractivity (Wildman–Crippen MR) is 85.6 cm³/mol. The van der Waals surface area contributed by atoms with Gasteiger partial charge in [-0.2, -0.15) is 0 Å². The molecule has 3 rings (SSSR count). The van der Waals surface area contributed by atoms with Gasteiger partial charge in [0.1, 0.15) is 0 Å². The van der Waals surface area contributed by atoms with Crippen LogP contribution in [0.25, 0.3) is 0 Å². The molecule has 1 aromatic carbocycles. The van der Waals surface area contributed by atoms with Crippen molar-refractivity contribution in [1.82, 2.24) is 5.32 Å². The van der Waals surface area contributed by atoms with E-state index in [-0.39, 0.29) is 0 Å². The molecule has 1 aromatic heterocycles. The second-order valence-electron chi connectivity index (χ2n) is 4.64. The Labute approximate surface area is 127 Å². The lowest BCUT2D eigenvalue weighted by atomic mass is 10.2. The smallest absolute Gasteiger partial charge is 0.0934 e. The van der Waals surface area contributed by atoms with Crippen molar-refractivity contribution in [2.24, 2.45) is 0 Å². The maximum Gasteiger partial charge on any atom is 0.0934 e. The normalized spacial score (nSPS) is 17.6. The van der Waals surface area contributed by atoms with Crippen molar-refractivity contribution in [2.45, 2.75) is 23.8 Å². The summed E-state index contributed by atoms with van der Waals surface area (Å²) in [6.45, 7) is 1.04. The summed E-state index contributed by atoms with van der Waals surface area (Å²) in [7, 11) is 0. The van der Waals surface area contributed by atoms with Crippen molar-refractivity contribution in [3.8, 4) is 0 Å². The minimum atomic E-state index is 0.509. The predicted octanol–water partition coefficient (Wildman–Crippen LogP) is 4.77. The average molecular weight is 310 g/mol. The standard InChI is InChI=1S/C15H16ClNS2/c16-15-10-12-13(6-7-14(12)19-15)17-8-9-18-11-4-2-1-3-5-11/h1-5,10,13,17H,6-9H2. The van der Waals surface area contributed by atoms with Crippen LogP contribution >= 0.6 is 34.7 Å². The van der Waals surface area contributed by atoms with Crippen LogP contribution in [-0.2, 0) is 6.42 Å². The van der Waals surface area contributed by atoms with E-state index in [1.165, 1.54) is 28.2 Å². The molecular weight excluding hydrogens is 294 g/mol. The lowest BCUT2D eigenvalue weighted by Crippen LogP contribution is -2.21. The number of nitrogens with one attached hydrogen (secondary N) is 1.